The molecule has 5 nitrogen and oxygen atoms in total. The number of nitrogens with zero attached hydrogens (tertiary/aromatic N) is 4. The van der Waals surface area contributed by atoms with Gasteiger partial charge in [-0.1, -0.05) is 13.0 Å². The van der Waals surface area contributed by atoms with Crippen molar-refractivity contribution >= 4 is 18.4 Å². The molecule has 0 fully saturated rings. The Labute approximate surface area is 104 Å². The van der Waals surface area contributed by atoms with Gasteiger partial charge >= 0.3 is 0 Å². The Morgan fingerprint density at radius 3 is 3.12 bits per heavy atom. The third kappa shape index (κ3) is 2.85. The minimum atomic E-state index is 0.501. The maximum Gasteiger partial charge on any atom is 0.216 e. The highest BCUT2D eigenvalue weighted by molar-refractivity contribution is 7.71. The molecule has 0 spiro atoms. The van der Waals surface area contributed by atoms with E-state index in [0.29, 0.717) is 4.77 Å². The number of aryl methyl sites for hydroxylation is 1. The zero-order valence-electron chi connectivity index (χ0n) is 9.50. The summed E-state index contributed by atoms with van der Waals surface area (Å²) in [5, 5.41) is 11.2. The largest absolute Gasteiger partial charge is 0.255 e. The van der Waals surface area contributed by atoms with E-state index in [4.69, 9.17) is 12.2 Å². The van der Waals surface area contributed by atoms with Crippen molar-refractivity contribution in [3.63, 3.8) is 0 Å². The lowest BCUT2D eigenvalue weighted by atomic mass is 10.3. The minimum Gasteiger partial charge on any atom is -0.255 e. The first-order valence-corrected chi connectivity index (χ1v) is 5.83. The van der Waals surface area contributed by atoms with Gasteiger partial charge in [-0.2, -0.15) is 14.9 Å². The Morgan fingerprint density at radius 1 is 1.53 bits per heavy atom. The molecule has 0 radical (unpaired) electrons. The summed E-state index contributed by atoms with van der Waals surface area (Å²) in [6, 6.07) is 5.66. The number of pyridine rings is 1. The van der Waals surface area contributed by atoms with Crippen LogP contribution in [0.3, 0.4) is 0 Å². The van der Waals surface area contributed by atoms with Crippen molar-refractivity contribution in [1.29, 1.82) is 0 Å². The smallest absolute Gasteiger partial charge is 0.216 e. The Kier molecular flexibility index (Phi) is 3.77. The van der Waals surface area contributed by atoms with Gasteiger partial charge in [0, 0.05) is 12.6 Å². The maximum atomic E-state index is 5.11. The van der Waals surface area contributed by atoms with E-state index in [0.717, 1.165) is 24.4 Å². The first-order valence-electron chi connectivity index (χ1n) is 5.43. The number of H-pyrrole nitrogens is 1. The molecule has 0 amide bonds. The molecule has 0 aliphatic rings. The molecule has 1 N–H and O–H groups in total. The van der Waals surface area contributed by atoms with E-state index in [2.05, 4.69) is 27.2 Å². The number of aromatic amines is 1. The van der Waals surface area contributed by atoms with E-state index >= 15 is 0 Å². The summed E-state index contributed by atoms with van der Waals surface area (Å²) in [5.74, 6) is 0.838. The van der Waals surface area contributed by atoms with Crippen LogP contribution in [0.15, 0.2) is 29.5 Å². The van der Waals surface area contributed by atoms with Crippen LogP contribution in [0.2, 0.25) is 0 Å². The Hall–Kier alpha value is -1.82. The Bertz CT molecular complexity index is 555. The fourth-order valence-electron chi connectivity index (χ4n) is 1.40. The molecule has 2 aromatic rings. The van der Waals surface area contributed by atoms with Crippen LogP contribution >= 0.6 is 12.2 Å². The van der Waals surface area contributed by atoms with Crippen molar-refractivity contribution in [2.24, 2.45) is 5.10 Å². The predicted octanol–water partition coefficient (Wildman–Crippen LogP) is 2.17. The van der Waals surface area contributed by atoms with Gasteiger partial charge in [-0.25, -0.2) is 0 Å². The molecule has 2 rings (SSSR count). The van der Waals surface area contributed by atoms with Crippen LogP contribution < -0.4 is 0 Å². The van der Waals surface area contributed by atoms with Crippen LogP contribution in [-0.4, -0.2) is 26.1 Å². The Morgan fingerprint density at radius 2 is 2.41 bits per heavy atom. The summed E-state index contributed by atoms with van der Waals surface area (Å²) in [4.78, 5) is 4.16. The van der Waals surface area contributed by atoms with Crippen LogP contribution in [0, 0.1) is 4.77 Å². The van der Waals surface area contributed by atoms with E-state index in [1.807, 2.05) is 18.2 Å². The first-order chi connectivity index (χ1) is 8.31. The molecule has 0 aliphatic carbocycles. The molecule has 2 aromatic heterocycles. The first kappa shape index (κ1) is 11.7. The van der Waals surface area contributed by atoms with Gasteiger partial charge in [0.1, 0.15) is 0 Å². The third-order valence-corrected chi connectivity index (χ3v) is 2.45. The van der Waals surface area contributed by atoms with Crippen LogP contribution in [0.25, 0.3) is 0 Å². The van der Waals surface area contributed by atoms with Crippen LogP contribution in [0.1, 0.15) is 24.9 Å². The van der Waals surface area contributed by atoms with Gasteiger partial charge in [0.25, 0.3) is 0 Å². The predicted molar refractivity (Wildman–Crippen MR) is 68.6 cm³/mol. The van der Waals surface area contributed by atoms with Gasteiger partial charge in [0.15, 0.2) is 5.82 Å². The van der Waals surface area contributed by atoms with Crippen molar-refractivity contribution in [3.05, 3.63) is 40.7 Å². The average molecular weight is 247 g/mol. The molecule has 0 aliphatic heterocycles. The van der Waals surface area contributed by atoms with Gasteiger partial charge in [-0.3, -0.25) is 10.1 Å². The van der Waals surface area contributed by atoms with Crippen molar-refractivity contribution < 1.29 is 0 Å². The summed E-state index contributed by atoms with van der Waals surface area (Å²) >= 11 is 5.11. The molecule has 17 heavy (non-hydrogen) atoms. The lowest BCUT2D eigenvalue weighted by Gasteiger charge is -1.97. The van der Waals surface area contributed by atoms with E-state index in [1.165, 1.54) is 0 Å². The monoisotopic (exact) mass is 247 g/mol. The van der Waals surface area contributed by atoms with Gasteiger partial charge < -0.3 is 0 Å². The van der Waals surface area contributed by atoms with Crippen molar-refractivity contribution in [2.45, 2.75) is 19.8 Å². The number of hydrogen-bond acceptors (Lipinski definition) is 4. The zero-order chi connectivity index (χ0) is 12.1. The maximum absolute atomic E-state index is 5.11. The highest BCUT2D eigenvalue weighted by Crippen LogP contribution is 2.01. The zero-order valence-corrected chi connectivity index (χ0v) is 10.3. The molecular weight excluding hydrogens is 234 g/mol. The van der Waals surface area contributed by atoms with Crippen LogP contribution in [0.5, 0.6) is 0 Å². The number of hydrogen-bond donors (Lipinski definition) is 1. The van der Waals surface area contributed by atoms with E-state index in [1.54, 1.807) is 17.1 Å². The Balaban J connectivity index is 2.26. The minimum absolute atomic E-state index is 0.501. The lowest BCUT2D eigenvalue weighted by molar-refractivity contribution is 0.739. The van der Waals surface area contributed by atoms with Gasteiger partial charge in [-0.05, 0) is 30.8 Å². The topological polar surface area (TPSA) is 58.9 Å². The molecule has 6 heteroatoms. The molecule has 0 atom stereocenters. The summed E-state index contributed by atoms with van der Waals surface area (Å²) in [6.45, 7) is 2.09. The summed E-state index contributed by atoms with van der Waals surface area (Å²) < 4.78 is 2.13. The molecule has 0 aromatic carbocycles. The lowest BCUT2D eigenvalue weighted by Crippen LogP contribution is -1.99. The highest BCUT2D eigenvalue weighted by atomic mass is 32.1. The number of rotatable bonds is 4. The molecule has 0 saturated carbocycles. The molecule has 0 bridgehead atoms. The second-order valence-electron chi connectivity index (χ2n) is 3.51. The van der Waals surface area contributed by atoms with Gasteiger partial charge in [0.05, 0.1) is 11.9 Å². The van der Waals surface area contributed by atoms with Crippen molar-refractivity contribution in [3.8, 4) is 0 Å². The third-order valence-electron chi connectivity index (χ3n) is 2.18. The summed E-state index contributed by atoms with van der Waals surface area (Å²) in [7, 11) is 0. The fraction of sp³-hybridized carbons (Fsp3) is 0.273. The molecule has 0 unspecified atom stereocenters. The SMILES string of the molecule is CCCc1n[nH]c(=S)n1/N=C\c1ccccn1. The summed E-state index contributed by atoms with van der Waals surface area (Å²) in [6.07, 6.45) is 5.23. The van der Waals surface area contributed by atoms with Gasteiger partial charge in [0.2, 0.25) is 4.77 Å². The highest BCUT2D eigenvalue weighted by Gasteiger charge is 2.02. The van der Waals surface area contributed by atoms with Crippen molar-refractivity contribution in [2.75, 3.05) is 0 Å². The van der Waals surface area contributed by atoms with Crippen molar-refractivity contribution in [1.82, 2.24) is 19.9 Å². The number of aromatic nitrogens is 4. The van der Waals surface area contributed by atoms with Crippen LogP contribution in [-0.2, 0) is 6.42 Å². The average Bonchev–Trinajstić information content (AvgIpc) is 2.70. The summed E-state index contributed by atoms with van der Waals surface area (Å²) in [5.41, 5.74) is 0.790. The molecule has 88 valence electrons. The second kappa shape index (κ2) is 5.49. The molecular formula is C11H13N5S. The van der Waals surface area contributed by atoms with Crippen LogP contribution in [0.4, 0.5) is 0 Å². The van der Waals surface area contributed by atoms with Gasteiger partial charge in [-0.15, -0.1) is 0 Å². The van der Waals surface area contributed by atoms with E-state index in [9.17, 15) is 0 Å². The quantitative estimate of drug-likeness (QED) is 0.665. The number of nitrogens with one attached hydrogen (secondary N) is 1. The fourth-order valence-corrected chi connectivity index (χ4v) is 1.60. The van der Waals surface area contributed by atoms with E-state index < -0.39 is 0 Å². The van der Waals surface area contributed by atoms with E-state index in [-0.39, 0.29) is 0 Å². The normalized spacial score (nSPS) is 11.1. The second-order valence-corrected chi connectivity index (χ2v) is 3.89. The standard InChI is InChI=1S/C11H13N5S/c1-2-5-10-14-15-11(17)16(10)13-8-9-6-3-4-7-12-9/h3-4,6-8H,2,5H2,1H3,(H,15,17)/b13-8-. The molecule has 2 heterocycles. The molecule has 0 saturated heterocycles.